The van der Waals surface area contributed by atoms with Crippen molar-refractivity contribution < 1.29 is 14.6 Å². The summed E-state index contributed by atoms with van der Waals surface area (Å²) < 4.78 is 4.93. The molecule has 4 nitrogen and oxygen atoms in total. The molecule has 2 N–H and O–H groups in total. The molecule has 1 amide bonds. The van der Waals surface area contributed by atoms with Crippen molar-refractivity contribution in [2.24, 2.45) is 0 Å². The van der Waals surface area contributed by atoms with E-state index in [1.54, 1.807) is 7.11 Å². The minimum Gasteiger partial charge on any atom is -0.465 e. The predicted molar refractivity (Wildman–Crippen MR) is 52.2 cm³/mol. The lowest BCUT2D eigenvalue weighted by Gasteiger charge is -2.15. The Labute approximate surface area is 82.5 Å². The largest absolute Gasteiger partial charge is 0.465 e. The summed E-state index contributed by atoms with van der Waals surface area (Å²) >= 11 is 0. The Morgan fingerprint density at radius 1 is 1.50 bits per heavy atom. The third kappa shape index (κ3) is 3.06. The van der Waals surface area contributed by atoms with E-state index in [1.165, 1.54) is 0 Å². The topological polar surface area (TPSA) is 58.6 Å². The number of methoxy groups -OCH3 is 1. The number of nitrogens with one attached hydrogen (secondary N) is 1. The van der Waals surface area contributed by atoms with E-state index in [9.17, 15) is 4.79 Å². The highest BCUT2D eigenvalue weighted by molar-refractivity contribution is 5.65. The third-order valence-electron chi connectivity index (χ3n) is 1.83. The Kier molecular flexibility index (Phi) is 3.94. The van der Waals surface area contributed by atoms with Crippen LogP contribution < -0.4 is 5.32 Å². The van der Waals surface area contributed by atoms with Crippen LogP contribution in [0.3, 0.4) is 0 Å². The number of benzene rings is 1. The lowest BCUT2D eigenvalue weighted by molar-refractivity contribution is 0.152. The van der Waals surface area contributed by atoms with Crippen LogP contribution >= 0.6 is 0 Å². The molecular weight excluding hydrogens is 182 g/mol. The Hall–Kier alpha value is -1.55. The molecule has 0 radical (unpaired) electrons. The Morgan fingerprint density at radius 3 is 2.64 bits per heavy atom. The fourth-order valence-electron chi connectivity index (χ4n) is 1.22. The number of hydrogen-bond donors (Lipinski definition) is 2. The second kappa shape index (κ2) is 5.24. The van der Waals surface area contributed by atoms with Gasteiger partial charge in [0, 0.05) is 7.11 Å². The van der Waals surface area contributed by atoms with Crippen molar-refractivity contribution in [3.8, 4) is 0 Å². The molecule has 1 rings (SSSR count). The summed E-state index contributed by atoms with van der Waals surface area (Å²) in [5, 5.41) is 11.0. The van der Waals surface area contributed by atoms with Gasteiger partial charge in [-0.2, -0.15) is 0 Å². The molecular formula is C10H13NO3. The summed E-state index contributed by atoms with van der Waals surface area (Å²) in [7, 11) is 1.54. The van der Waals surface area contributed by atoms with Gasteiger partial charge in [-0.15, -0.1) is 0 Å². The third-order valence-corrected chi connectivity index (χ3v) is 1.83. The molecule has 0 aliphatic rings. The molecule has 1 atom stereocenters. The average Bonchev–Trinajstić information content (AvgIpc) is 2.18. The summed E-state index contributed by atoms with van der Waals surface area (Å²) in [4.78, 5) is 10.5. The van der Waals surface area contributed by atoms with Crippen molar-refractivity contribution in [3.05, 3.63) is 35.9 Å². The van der Waals surface area contributed by atoms with E-state index in [0.29, 0.717) is 6.61 Å². The lowest BCUT2D eigenvalue weighted by atomic mass is 10.1. The number of carbonyl (C=O) groups is 1. The van der Waals surface area contributed by atoms with Gasteiger partial charge in [0.2, 0.25) is 0 Å². The zero-order chi connectivity index (χ0) is 10.4. The van der Waals surface area contributed by atoms with Crippen molar-refractivity contribution in [2.75, 3.05) is 13.7 Å². The SMILES string of the molecule is COCC(NC(=O)O)c1ccccc1. The molecule has 1 aromatic carbocycles. The van der Waals surface area contributed by atoms with Gasteiger partial charge in [0.1, 0.15) is 0 Å². The standard InChI is InChI=1S/C10H13NO3/c1-14-7-9(11-10(12)13)8-5-3-2-4-6-8/h2-6,9,11H,7H2,1H3,(H,12,13). The van der Waals surface area contributed by atoms with Gasteiger partial charge >= 0.3 is 6.09 Å². The molecule has 0 bridgehead atoms. The fourth-order valence-corrected chi connectivity index (χ4v) is 1.22. The first-order valence-electron chi connectivity index (χ1n) is 4.27. The molecule has 0 saturated carbocycles. The van der Waals surface area contributed by atoms with Gasteiger partial charge in [0.05, 0.1) is 12.6 Å². The summed E-state index contributed by atoms with van der Waals surface area (Å²) in [6.45, 7) is 0.330. The number of ether oxygens (including phenoxy) is 1. The zero-order valence-corrected chi connectivity index (χ0v) is 7.93. The van der Waals surface area contributed by atoms with Gasteiger partial charge in [-0.3, -0.25) is 0 Å². The van der Waals surface area contributed by atoms with Gasteiger partial charge in [0.25, 0.3) is 0 Å². The first kappa shape index (κ1) is 10.5. The van der Waals surface area contributed by atoms with Gasteiger partial charge in [-0.05, 0) is 5.56 Å². The highest BCUT2D eigenvalue weighted by atomic mass is 16.5. The smallest absolute Gasteiger partial charge is 0.405 e. The van der Waals surface area contributed by atoms with Crippen molar-refractivity contribution in [2.45, 2.75) is 6.04 Å². The van der Waals surface area contributed by atoms with Gasteiger partial charge in [-0.25, -0.2) is 4.79 Å². The van der Waals surface area contributed by atoms with Crippen molar-refractivity contribution in [3.63, 3.8) is 0 Å². The number of rotatable bonds is 4. The highest BCUT2D eigenvalue weighted by Gasteiger charge is 2.12. The van der Waals surface area contributed by atoms with Crippen molar-refractivity contribution in [1.29, 1.82) is 0 Å². The normalized spacial score (nSPS) is 12.1. The molecule has 1 aromatic rings. The molecule has 14 heavy (non-hydrogen) atoms. The van der Waals surface area contributed by atoms with E-state index in [-0.39, 0.29) is 6.04 Å². The summed E-state index contributed by atoms with van der Waals surface area (Å²) in [6.07, 6.45) is -1.05. The van der Waals surface area contributed by atoms with E-state index < -0.39 is 6.09 Å². The first-order valence-corrected chi connectivity index (χ1v) is 4.27. The number of carboxylic acid groups (broad SMARTS) is 1. The van der Waals surface area contributed by atoms with Crippen LogP contribution in [0, 0.1) is 0 Å². The second-order valence-corrected chi connectivity index (χ2v) is 2.87. The van der Waals surface area contributed by atoms with E-state index in [1.807, 2.05) is 30.3 Å². The van der Waals surface area contributed by atoms with Gasteiger partial charge in [0.15, 0.2) is 0 Å². The maximum atomic E-state index is 10.5. The maximum Gasteiger partial charge on any atom is 0.405 e. The zero-order valence-electron chi connectivity index (χ0n) is 7.93. The number of hydrogen-bond acceptors (Lipinski definition) is 2. The van der Waals surface area contributed by atoms with Crippen LogP contribution in [0.25, 0.3) is 0 Å². The van der Waals surface area contributed by atoms with Crippen LogP contribution in [0.5, 0.6) is 0 Å². The molecule has 1 unspecified atom stereocenters. The molecule has 76 valence electrons. The molecule has 0 fully saturated rings. The molecule has 0 aliphatic heterocycles. The fraction of sp³-hybridized carbons (Fsp3) is 0.300. The van der Waals surface area contributed by atoms with Crippen LogP contribution in [0.2, 0.25) is 0 Å². The molecule has 0 aliphatic carbocycles. The second-order valence-electron chi connectivity index (χ2n) is 2.87. The maximum absolute atomic E-state index is 10.5. The quantitative estimate of drug-likeness (QED) is 0.767. The summed E-state index contributed by atoms with van der Waals surface area (Å²) in [6, 6.07) is 9.02. The molecule has 0 heterocycles. The summed E-state index contributed by atoms with van der Waals surface area (Å²) in [5.41, 5.74) is 0.900. The first-order chi connectivity index (χ1) is 6.74. The van der Waals surface area contributed by atoms with Crippen molar-refractivity contribution in [1.82, 2.24) is 5.32 Å². The Bertz CT molecular complexity index is 287. The molecule has 0 aromatic heterocycles. The van der Waals surface area contributed by atoms with Crippen LogP contribution in [0.1, 0.15) is 11.6 Å². The van der Waals surface area contributed by atoms with Crippen LogP contribution in [0.15, 0.2) is 30.3 Å². The molecule has 0 saturated heterocycles. The number of amides is 1. The minimum absolute atomic E-state index is 0.307. The lowest BCUT2D eigenvalue weighted by Crippen LogP contribution is -2.29. The van der Waals surface area contributed by atoms with Crippen LogP contribution in [-0.4, -0.2) is 24.9 Å². The van der Waals surface area contributed by atoms with Crippen LogP contribution in [0.4, 0.5) is 4.79 Å². The van der Waals surface area contributed by atoms with E-state index in [0.717, 1.165) is 5.56 Å². The average molecular weight is 195 g/mol. The highest BCUT2D eigenvalue weighted by Crippen LogP contribution is 2.12. The van der Waals surface area contributed by atoms with Crippen LogP contribution in [-0.2, 0) is 4.74 Å². The summed E-state index contributed by atoms with van der Waals surface area (Å²) in [5.74, 6) is 0. The van der Waals surface area contributed by atoms with E-state index >= 15 is 0 Å². The van der Waals surface area contributed by atoms with Gasteiger partial charge < -0.3 is 15.2 Å². The minimum atomic E-state index is -1.05. The van der Waals surface area contributed by atoms with Crippen molar-refractivity contribution >= 4 is 6.09 Å². The van der Waals surface area contributed by atoms with E-state index in [2.05, 4.69) is 5.32 Å². The van der Waals surface area contributed by atoms with E-state index in [4.69, 9.17) is 9.84 Å². The van der Waals surface area contributed by atoms with Gasteiger partial charge in [-0.1, -0.05) is 30.3 Å². The monoisotopic (exact) mass is 195 g/mol. The molecule has 4 heteroatoms. The molecule has 0 spiro atoms. The predicted octanol–water partition coefficient (Wildman–Crippen LogP) is 1.64. The Morgan fingerprint density at radius 2 is 2.14 bits per heavy atom. The Balaban J connectivity index is 2.72.